The smallest absolute Gasteiger partial charge is 0.490 e. The maximum atomic E-state index is 12.6. The Morgan fingerprint density at radius 1 is 1.38 bits per heavy atom. The van der Waals surface area contributed by atoms with Crippen LogP contribution in [0.5, 0.6) is 5.75 Å². The Kier molecular flexibility index (Phi) is 6.04. The van der Waals surface area contributed by atoms with E-state index in [4.69, 9.17) is 20.4 Å². The average Bonchev–Trinajstić information content (AvgIpc) is 2.35. The molecule has 1 saturated carbocycles. The van der Waals surface area contributed by atoms with Gasteiger partial charge in [-0.25, -0.2) is 13.6 Å². The Balaban J connectivity index is 0.000000351. The van der Waals surface area contributed by atoms with Gasteiger partial charge in [0.15, 0.2) is 0 Å². The van der Waals surface area contributed by atoms with Crippen molar-refractivity contribution in [1.82, 2.24) is 4.98 Å². The summed E-state index contributed by atoms with van der Waals surface area (Å²) in [5.41, 5.74) is 5.50. The molecule has 1 fully saturated rings. The summed E-state index contributed by atoms with van der Waals surface area (Å²) >= 11 is 0. The number of ether oxygens (including phenoxy) is 1. The number of carbonyl (C=O) groups excluding carboxylic acids is 1. The molecule has 0 unspecified atom stereocenters. The molecule has 6 nitrogen and oxygen atoms in total. The largest absolute Gasteiger partial charge is 0.490 e. The Hall–Kier alpha value is -2.46. The number of hydrogen-bond donors (Lipinski definition) is 2. The fourth-order valence-electron chi connectivity index (χ4n) is 1.69. The number of hydrogen-bond acceptors (Lipinski definition) is 4. The van der Waals surface area contributed by atoms with E-state index in [0.717, 1.165) is 0 Å². The second kappa shape index (κ2) is 7.41. The number of amides is 1. The third-order valence-corrected chi connectivity index (χ3v) is 2.74. The normalized spacial score (nSPS) is 16.4. The van der Waals surface area contributed by atoms with E-state index in [2.05, 4.69) is 4.98 Å². The molecule has 134 valence electrons. The fraction of sp³-hybridized carbons (Fsp3) is 0.462. The van der Waals surface area contributed by atoms with Crippen LogP contribution in [-0.2, 0) is 16.0 Å². The minimum atomic E-state index is -5.08. The number of primary amides is 1. The summed E-state index contributed by atoms with van der Waals surface area (Å²) < 4.78 is 62.2. The van der Waals surface area contributed by atoms with Crippen LogP contribution < -0.4 is 10.5 Å². The van der Waals surface area contributed by atoms with Gasteiger partial charge in [-0.3, -0.25) is 9.78 Å². The second-order valence-electron chi connectivity index (χ2n) is 4.93. The van der Waals surface area contributed by atoms with Gasteiger partial charge in [-0.2, -0.15) is 13.2 Å². The molecule has 1 aliphatic rings. The molecule has 0 atom stereocenters. The summed E-state index contributed by atoms with van der Waals surface area (Å²) in [6, 6.07) is 3.11. The van der Waals surface area contributed by atoms with Gasteiger partial charge in [-0.05, 0) is 6.07 Å². The van der Waals surface area contributed by atoms with Gasteiger partial charge in [0.05, 0.1) is 12.1 Å². The lowest BCUT2D eigenvalue weighted by Crippen LogP contribution is -2.43. The number of nitrogens with zero attached hydrogens (tertiary/aromatic N) is 1. The van der Waals surface area contributed by atoms with Crippen molar-refractivity contribution in [2.75, 3.05) is 0 Å². The van der Waals surface area contributed by atoms with Crippen molar-refractivity contribution < 1.29 is 41.4 Å². The zero-order chi connectivity index (χ0) is 18.5. The van der Waals surface area contributed by atoms with Gasteiger partial charge < -0.3 is 15.6 Å². The van der Waals surface area contributed by atoms with Crippen molar-refractivity contribution >= 4 is 11.9 Å². The minimum Gasteiger partial charge on any atom is -0.490 e. The molecular weight excluding hydrogens is 343 g/mol. The van der Waals surface area contributed by atoms with Crippen molar-refractivity contribution in [3.8, 4) is 5.75 Å². The highest BCUT2D eigenvalue weighted by molar-refractivity contribution is 5.76. The molecule has 11 heteroatoms. The summed E-state index contributed by atoms with van der Waals surface area (Å²) in [5, 5.41) is 7.12. The fourth-order valence-corrected chi connectivity index (χ4v) is 1.69. The van der Waals surface area contributed by atoms with Crippen LogP contribution in [0.1, 0.15) is 18.5 Å². The Morgan fingerprint density at radius 2 is 1.92 bits per heavy atom. The van der Waals surface area contributed by atoms with Crippen LogP contribution >= 0.6 is 0 Å². The molecule has 2 rings (SSSR count). The lowest BCUT2D eigenvalue weighted by atomic mass is 9.91. The maximum absolute atomic E-state index is 12.6. The number of halogens is 5. The Labute approximate surface area is 132 Å². The number of carbonyl (C=O) groups is 2. The lowest BCUT2D eigenvalue weighted by molar-refractivity contribution is -0.192. The third kappa shape index (κ3) is 6.75. The summed E-state index contributed by atoms with van der Waals surface area (Å²) in [6.07, 6.45) is -4.60. The van der Waals surface area contributed by atoms with E-state index >= 15 is 0 Å². The monoisotopic (exact) mass is 356 g/mol. The molecule has 0 aromatic carbocycles. The molecule has 1 aromatic rings. The molecule has 3 N–H and O–H groups in total. The van der Waals surface area contributed by atoms with E-state index in [1.807, 2.05) is 0 Å². The molecule has 0 bridgehead atoms. The summed E-state index contributed by atoms with van der Waals surface area (Å²) in [5.74, 6) is -5.41. The van der Waals surface area contributed by atoms with Crippen LogP contribution in [0.15, 0.2) is 18.3 Å². The highest BCUT2D eigenvalue weighted by Crippen LogP contribution is 2.39. The molecule has 0 saturated heterocycles. The zero-order valence-corrected chi connectivity index (χ0v) is 12.0. The van der Waals surface area contributed by atoms with Crippen LogP contribution in [0.25, 0.3) is 0 Å². The molecule has 24 heavy (non-hydrogen) atoms. The van der Waals surface area contributed by atoms with Crippen molar-refractivity contribution in [3.63, 3.8) is 0 Å². The van der Waals surface area contributed by atoms with Gasteiger partial charge in [0.1, 0.15) is 11.9 Å². The number of aliphatic carboxylic acids is 1. The predicted molar refractivity (Wildman–Crippen MR) is 69.4 cm³/mol. The molecule has 1 aliphatic carbocycles. The molecule has 1 aromatic heterocycles. The summed E-state index contributed by atoms with van der Waals surface area (Å²) in [4.78, 5) is 23.5. The van der Waals surface area contributed by atoms with E-state index in [-0.39, 0.29) is 19.3 Å². The quantitative estimate of drug-likeness (QED) is 0.803. The van der Waals surface area contributed by atoms with Crippen molar-refractivity contribution in [1.29, 1.82) is 0 Å². The predicted octanol–water partition coefficient (Wildman–Crippen LogP) is 1.92. The number of carboxylic acid groups (broad SMARTS) is 1. The first-order valence-corrected chi connectivity index (χ1v) is 6.47. The van der Waals surface area contributed by atoms with Gasteiger partial charge in [0.2, 0.25) is 5.91 Å². The second-order valence-corrected chi connectivity index (χ2v) is 4.93. The van der Waals surface area contributed by atoms with Crippen molar-refractivity contribution in [2.45, 2.75) is 37.5 Å². The lowest BCUT2D eigenvalue weighted by Gasteiger charge is -2.34. The molecule has 0 spiro atoms. The van der Waals surface area contributed by atoms with Gasteiger partial charge in [0, 0.05) is 25.1 Å². The van der Waals surface area contributed by atoms with Crippen LogP contribution in [0.2, 0.25) is 0 Å². The first kappa shape index (κ1) is 19.6. The maximum Gasteiger partial charge on any atom is 0.490 e. The molecule has 0 radical (unpaired) electrons. The average molecular weight is 356 g/mol. The van der Waals surface area contributed by atoms with Crippen molar-refractivity contribution in [2.24, 2.45) is 5.73 Å². The highest BCUT2D eigenvalue weighted by atomic mass is 19.4. The van der Waals surface area contributed by atoms with Gasteiger partial charge in [-0.1, -0.05) is 0 Å². The summed E-state index contributed by atoms with van der Waals surface area (Å²) in [6.45, 7) is 0. The zero-order valence-electron chi connectivity index (χ0n) is 12.0. The van der Waals surface area contributed by atoms with E-state index in [1.54, 1.807) is 12.1 Å². The van der Waals surface area contributed by atoms with E-state index in [9.17, 15) is 26.7 Å². The number of alkyl halides is 5. The highest BCUT2D eigenvalue weighted by Gasteiger charge is 2.47. The number of nitrogens with two attached hydrogens (primary N) is 1. The van der Waals surface area contributed by atoms with E-state index < -0.39 is 30.1 Å². The number of aromatic nitrogens is 1. The van der Waals surface area contributed by atoms with E-state index in [1.165, 1.54) is 6.20 Å². The van der Waals surface area contributed by atoms with Crippen LogP contribution in [-0.4, -0.2) is 40.2 Å². The standard InChI is InChI=1S/C11H12F2N2O2.C2HF3O2/c12-11(13)5-9(6-11)17-8-1-2-15-7(3-8)4-10(14)16;3-2(4,5)1(6)7/h1-3,9H,4-6H2,(H2,14,16);(H,6,7). The van der Waals surface area contributed by atoms with Gasteiger partial charge in [0.25, 0.3) is 5.92 Å². The first-order chi connectivity index (χ1) is 10.9. The minimum absolute atomic E-state index is 0.0119. The first-order valence-electron chi connectivity index (χ1n) is 6.47. The SMILES string of the molecule is NC(=O)Cc1cc(OC2CC(F)(F)C2)ccn1.O=C(O)C(F)(F)F. The number of rotatable bonds is 4. The van der Waals surface area contributed by atoms with Gasteiger partial charge in [-0.15, -0.1) is 0 Å². The number of pyridine rings is 1. The van der Waals surface area contributed by atoms with Crippen molar-refractivity contribution in [3.05, 3.63) is 24.0 Å². The third-order valence-electron chi connectivity index (χ3n) is 2.74. The molecular formula is C13H13F5N2O4. The Morgan fingerprint density at radius 3 is 2.33 bits per heavy atom. The molecule has 1 amide bonds. The molecule has 0 aliphatic heterocycles. The van der Waals surface area contributed by atoms with Gasteiger partial charge >= 0.3 is 12.1 Å². The van der Waals surface area contributed by atoms with Crippen LogP contribution in [0, 0.1) is 0 Å². The molecule has 1 heterocycles. The van der Waals surface area contributed by atoms with Crippen LogP contribution in [0.3, 0.4) is 0 Å². The van der Waals surface area contributed by atoms with Crippen LogP contribution in [0.4, 0.5) is 22.0 Å². The topological polar surface area (TPSA) is 103 Å². The van der Waals surface area contributed by atoms with E-state index in [0.29, 0.717) is 11.4 Å². The Bertz CT molecular complexity index is 598. The summed E-state index contributed by atoms with van der Waals surface area (Å²) in [7, 11) is 0. The number of carboxylic acids is 1.